The topological polar surface area (TPSA) is 70.9 Å². The number of nitrogens with one attached hydrogen (secondary N) is 1. The lowest BCUT2D eigenvalue weighted by atomic mass is 9.79. The zero-order chi connectivity index (χ0) is 21.1. The fourth-order valence-corrected chi connectivity index (χ4v) is 2.75. The van der Waals surface area contributed by atoms with Gasteiger partial charge in [0.05, 0.1) is 13.3 Å². The first kappa shape index (κ1) is 21.5. The predicted octanol–water partition coefficient (Wildman–Crippen LogP) is 4.76. The first-order chi connectivity index (χ1) is 12.9. The van der Waals surface area contributed by atoms with Gasteiger partial charge in [-0.3, -0.25) is 4.79 Å². The van der Waals surface area contributed by atoms with Gasteiger partial charge in [-0.25, -0.2) is 5.43 Å². The van der Waals surface area contributed by atoms with Gasteiger partial charge >= 0.3 is 0 Å². The number of rotatable bonds is 4. The van der Waals surface area contributed by atoms with Crippen molar-refractivity contribution >= 4 is 12.1 Å². The number of carbonyl (C=O) groups excluding carboxylic acids is 1. The first-order valence-corrected chi connectivity index (χ1v) is 9.29. The second kappa shape index (κ2) is 8.05. The van der Waals surface area contributed by atoms with Crippen molar-refractivity contribution in [3.05, 3.63) is 58.7 Å². The maximum Gasteiger partial charge on any atom is 0.271 e. The summed E-state index contributed by atoms with van der Waals surface area (Å²) in [6.45, 7) is 12.5. The van der Waals surface area contributed by atoms with Crippen molar-refractivity contribution in [3.63, 3.8) is 0 Å². The lowest BCUT2D eigenvalue weighted by Gasteiger charge is -2.26. The van der Waals surface area contributed by atoms with Crippen molar-refractivity contribution in [2.24, 2.45) is 5.10 Å². The van der Waals surface area contributed by atoms with E-state index in [2.05, 4.69) is 52.1 Å². The molecule has 0 atom stereocenters. The Morgan fingerprint density at radius 2 is 1.75 bits per heavy atom. The minimum Gasteiger partial charge on any atom is -0.507 e. The van der Waals surface area contributed by atoms with Crippen molar-refractivity contribution in [1.82, 2.24) is 5.43 Å². The van der Waals surface area contributed by atoms with Crippen molar-refractivity contribution in [2.75, 3.05) is 7.11 Å². The molecule has 0 saturated carbocycles. The van der Waals surface area contributed by atoms with E-state index in [1.807, 2.05) is 12.1 Å². The van der Waals surface area contributed by atoms with E-state index in [-0.39, 0.29) is 22.5 Å². The summed E-state index contributed by atoms with van der Waals surface area (Å²) in [5.41, 5.74) is 5.16. The molecule has 0 bridgehead atoms. The van der Waals surface area contributed by atoms with Crippen LogP contribution in [-0.4, -0.2) is 24.3 Å². The third-order valence-corrected chi connectivity index (χ3v) is 4.52. The normalized spacial score (nSPS) is 12.2. The third-order valence-electron chi connectivity index (χ3n) is 4.52. The van der Waals surface area contributed by atoms with Crippen molar-refractivity contribution < 1.29 is 14.6 Å². The Morgan fingerprint density at radius 3 is 2.32 bits per heavy atom. The van der Waals surface area contributed by atoms with E-state index in [0.29, 0.717) is 16.9 Å². The summed E-state index contributed by atoms with van der Waals surface area (Å²) in [4.78, 5) is 12.3. The average molecular weight is 383 g/mol. The Balaban J connectivity index is 2.32. The van der Waals surface area contributed by atoms with E-state index in [4.69, 9.17) is 4.74 Å². The zero-order valence-corrected chi connectivity index (χ0v) is 17.8. The largest absolute Gasteiger partial charge is 0.507 e. The van der Waals surface area contributed by atoms with Gasteiger partial charge in [-0.05, 0) is 40.7 Å². The van der Waals surface area contributed by atoms with Gasteiger partial charge in [0.15, 0.2) is 0 Å². The third kappa shape index (κ3) is 5.12. The molecule has 0 aliphatic heterocycles. The standard InChI is InChI=1S/C23H30N2O3/c1-22(2,3)17-11-16(20(26)19(13-17)23(4,5)6)14-24-25-21(27)15-9-8-10-18(12-15)28-7/h8-14,26H,1-7H3,(H,25,27)/b24-14+. The summed E-state index contributed by atoms with van der Waals surface area (Å²) >= 11 is 0. The van der Waals surface area contributed by atoms with Gasteiger partial charge < -0.3 is 9.84 Å². The van der Waals surface area contributed by atoms with Gasteiger partial charge in [0.2, 0.25) is 0 Å². The minimum atomic E-state index is -0.349. The predicted molar refractivity (Wildman–Crippen MR) is 114 cm³/mol. The lowest BCUT2D eigenvalue weighted by molar-refractivity contribution is 0.0954. The molecule has 2 N–H and O–H groups in total. The van der Waals surface area contributed by atoms with Crippen LogP contribution >= 0.6 is 0 Å². The second-order valence-corrected chi connectivity index (χ2v) is 8.89. The number of methoxy groups -OCH3 is 1. The maximum atomic E-state index is 12.3. The number of phenols is 1. The van der Waals surface area contributed by atoms with E-state index in [9.17, 15) is 9.90 Å². The summed E-state index contributed by atoms with van der Waals surface area (Å²) in [7, 11) is 1.55. The van der Waals surface area contributed by atoms with E-state index in [0.717, 1.165) is 11.1 Å². The molecule has 1 amide bonds. The van der Waals surface area contributed by atoms with Crippen LogP contribution < -0.4 is 10.2 Å². The number of amides is 1. The van der Waals surface area contributed by atoms with Crippen LogP contribution in [0.25, 0.3) is 0 Å². The number of nitrogens with zero attached hydrogens (tertiary/aromatic N) is 1. The Labute approximate surface area is 167 Å². The molecule has 0 spiro atoms. The van der Waals surface area contributed by atoms with Crippen LogP contribution in [0.3, 0.4) is 0 Å². The SMILES string of the molecule is COc1cccc(C(=O)N/N=C/c2cc(C(C)(C)C)cc(C(C)(C)C)c2O)c1. The van der Waals surface area contributed by atoms with E-state index in [1.165, 1.54) is 6.21 Å². The number of benzene rings is 2. The molecule has 0 aromatic heterocycles. The van der Waals surface area contributed by atoms with Crippen LogP contribution in [0.1, 0.15) is 68.6 Å². The monoisotopic (exact) mass is 382 g/mol. The smallest absolute Gasteiger partial charge is 0.271 e. The van der Waals surface area contributed by atoms with Gasteiger partial charge in [-0.15, -0.1) is 0 Å². The molecule has 0 fully saturated rings. The summed E-state index contributed by atoms with van der Waals surface area (Å²) < 4.78 is 5.13. The van der Waals surface area contributed by atoms with E-state index < -0.39 is 0 Å². The Kier molecular flexibility index (Phi) is 6.17. The molecule has 0 unspecified atom stereocenters. The molecule has 5 heteroatoms. The number of phenolic OH excluding ortho intramolecular Hbond substituents is 1. The summed E-state index contributed by atoms with van der Waals surface area (Å²) in [6.07, 6.45) is 1.48. The summed E-state index contributed by atoms with van der Waals surface area (Å²) in [6, 6.07) is 10.8. The molecule has 0 aliphatic carbocycles. The lowest BCUT2D eigenvalue weighted by Crippen LogP contribution is -2.19. The fraction of sp³-hybridized carbons (Fsp3) is 0.391. The average Bonchev–Trinajstić information content (AvgIpc) is 2.61. The maximum absolute atomic E-state index is 12.3. The number of aromatic hydroxyl groups is 1. The van der Waals surface area contributed by atoms with Crippen molar-refractivity contribution in [2.45, 2.75) is 52.4 Å². The Hall–Kier alpha value is -2.82. The molecule has 0 aliphatic rings. The van der Waals surface area contributed by atoms with Gasteiger partial charge in [0.1, 0.15) is 11.5 Å². The van der Waals surface area contributed by atoms with Gasteiger partial charge in [-0.2, -0.15) is 5.10 Å². The van der Waals surface area contributed by atoms with Gasteiger partial charge in [-0.1, -0.05) is 53.7 Å². The van der Waals surface area contributed by atoms with Crippen LogP contribution in [0.5, 0.6) is 11.5 Å². The fourth-order valence-electron chi connectivity index (χ4n) is 2.75. The highest BCUT2D eigenvalue weighted by Crippen LogP contribution is 2.37. The second-order valence-electron chi connectivity index (χ2n) is 8.89. The highest BCUT2D eigenvalue weighted by molar-refractivity contribution is 5.95. The minimum absolute atomic E-state index is 0.0832. The van der Waals surface area contributed by atoms with Crippen LogP contribution in [0.2, 0.25) is 0 Å². The molecule has 2 aromatic rings. The molecular formula is C23H30N2O3. The van der Waals surface area contributed by atoms with E-state index in [1.54, 1.807) is 31.4 Å². The highest BCUT2D eigenvalue weighted by Gasteiger charge is 2.24. The molecule has 0 heterocycles. The van der Waals surface area contributed by atoms with E-state index >= 15 is 0 Å². The van der Waals surface area contributed by atoms with Crippen LogP contribution in [0.4, 0.5) is 0 Å². The van der Waals surface area contributed by atoms with Gasteiger partial charge in [0, 0.05) is 16.7 Å². The molecule has 2 rings (SSSR count). The molecule has 0 saturated heterocycles. The quantitative estimate of drug-likeness (QED) is 0.592. The van der Waals surface area contributed by atoms with Crippen LogP contribution in [-0.2, 0) is 10.8 Å². The number of carbonyl (C=O) groups is 1. The van der Waals surface area contributed by atoms with Crippen molar-refractivity contribution in [3.8, 4) is 11.5 Å². The number of hydrogen-bond donors (Lipinski definition) is 2. The molecule has 150 valence electrons. The zero-order valence-electron chi connectivity index (χ0n) is 17.8. The van der Waals surface area contributed by atoms with Crippen LogP contribution in [0, 0.1) is 0 Å². The van der Waals surface area contributed by atoms with Gasteiger partial charge in [0.25, 0.3) is 5.91 Å². The molecule has 5 nitrogen and oxygen atoms in total. The Bertz CT molecular complexity index is 888. The van der Waals surface area contributed by atoms with Crippen LogP contribution in [0.15, 0.2) is 41.5 Å². The number of ether oxygens (including phenoxy) is 1. The Morgan fingerprint density at radius 1 is 1.07 bits per heavy atom. The summed E-state index contributed by atoms with van der Waals surface area (Å²) in [5.74, 6) is 0.430. The number of hydrazone groups is 1. The summed E-state index contributed by atoms with van der Waals surface area (Å²) in [5, 5.41) is 14.8. The molecule has 28 heavy (non-hydrogen) atoms. The van der Waals surface area contributed by atoms with Crippen molar-refractivity contribution in [1.29, 1.82) is 0 Å². The molecular weight excluding hydrogens is 352 g/mol. The molecule has 0 radical (unpaired) electrons. The number of hydrogen-bond acceptors (Lipinski definition) is 4. The first-order valence-electron chi connectivity index (χ1n) is 9.29. The molecule has 2 aromatic carbocycles. The highest BCUT2D eigenvalue weighted by atomic mass is 16.5.